The van der Waals surface area contributed by atoms with Gasteiger partial charge < -0.3 is 5.73 Å². The minimum absolute atomic E-state index is 0.300. The molecule has 16 heavy (non-hydrogen) atoms. The van der Waals surface area contributed by atoms with E-state index in [2.05, 4.69) is 5.32 Å². The molecule has 1 rings (SSSR count). The number of hydrogen-bond donors (Lipinski definition) is 2. The third-order valence-electron chi connectivity index (χ3n) is 2.36. The summed E-state index contributed by atoms with van der Waals surface area (Å²) < 4.78 is 26.0. The van der Waals surface area contributed by atoms with Gasteiger partial charge in [-0.05, 0) is 19.9 Å². The fraction of sp³-hybridized carbons (Fsp3) is 0.364. The molecule has 0 aliphatic heterocycles. The van der Waals surface area contributed by atoms with E-state index < -0.39 is 29.6 Å². The quantitative estimate of drug-likeness (QED) is 0.820. The van der Waals surface area contributed by atoms with E-state index in [1.54, 1.807) is 13.8 Å². The van der Waals surface area contributed by atoms with Crippen molar-refractivity contribution in [3.8, 4) is 0 Å². The Morgan fingerprint density at radius 3 is 2.50 bits per heavy atom. The van der Waals surface area contributed by atoms with Gasteiger partial charge in [0.25, 0.3) is 0 Å². The van der Waals surface area contributed by atoms with E-state index in [1.807, 2.05) is 0 Å². The number of carbonyl (C=O) groups is 1. The van der Waals surface area contributed by atoms with Crippen molar-refractivity contribution in [1.82, 2.24) is 5.32 Å². The summed E-state index contributed by atoms with van der Waals surface area (Å²) in [5.41, 5.74) is 5.37. The van der Waals surface area contributed by atoms with Gasteiger partial charge in [-0.25, -0.2) is 8.78 Å². The molecule has 0 aliphatic rings. The van der Waals surface area contributed by atoms with Crippen molar-refractivity contribution in [3.05, 3.63) is 35.4 Å². The second-order valence-electron chi connectivity index (χ2n) is 3.68. The average molecular weight is 228 g/mol. The maximum absolute atomic E-state index is 13.4. The van der Waals surface area contributed by atoms with Crippen molar-refractivity contribution in [2.24, 2.45) is 5.73 Å². The first-order chi connectivity index (χ1) is 7.41. The van der Waals surface area contributed by atoms with Gasteiger partial charge in [0.1, 0.15) is 11.6 Å². The molecule has 0 heterocycles. The largest absolute Gasteiger partial charge is 0.368 e. The number of benzene rings is 1. The normalized spacial score (nSPS) is 14.5. The van der Waals surface area contributed by atoms with Gasteiger partial charge in [-0.2, -0.15) is 0 Å². The summed E-state index contributed by atoms with van der Waals surface area (Å²) in [6.07, 6.45) is 0. The monoisotopic (exact) mass is 228 g/mol. The van der Waals surface area contributed by atoms with Crippen LogP contribution in [0.3, 0.4) is 0 Å². The average Bonchev–Trinajstić information content (AvgIpc) is 2.16. The van der Waals surface area contributed by atoms with Crippen LogP contribution in [0.25, 0.3) is 0 Å². The van der Waals surface area contributed by atoms with Gasteiger partial charge >= 0.3 is 0 Å². The number of amides is 1. The summed E-state index contributed by atoms with van der Waals surface area (Å²) in [4.78, 5) is 10.8. The molecule has 1 aromatic carbocycles. The zero-order chi connectivity index (χ0) is 12.3. The van der Waals surface area contributed by atoms with Crippen molar-refractivity contribution >= 4 is 5.91 Å². The summed E-state index contributed by atoms with van der Waals surface area (Å²) in [6, 6.07) is 2.34. The van der Waals surface area contributed by atoms with E-state index in [0.717, 1.165) is 6.07 Å². The Morgan fingerprint density at radius 2 is 2.00 bits per heavy atom. The van der Waals surface area contributed by atoms with Crippen molar-refractivity contribution < 1.29 is 13.6 Å². The third kappa shape index (κ3) is 3.00. The minimum Gasteiger partial charge on any atom is -0.368 e. The maximum Gasteiger partial charge on any atom is 0.234 e. The summed E-state index contributed by atoms with van der Waals surface area (Å²) in [5.74, 6) is -1.79. The number of nitrogens with one attached hydrogen (secondary N) is 1. The van der Waals surface area contributed by atoms with Crippen LogP contribution in [0.1, 0.15) is 25.5 Å². The topological polar surface area (TPSA) is 55.1 Å². The van der Waals surface area contributed by atoms with E-state index in [0.29, 0.717) is 5.56 Å². The molecular weight excluding hydrogens is 214 g/mol. The van der Waals surface area contributed by atoms with Crippen LogP contribution in [0.4, 0.5) is 8.78 Å². The lowest BCUT2D eigenvalue weighted by Crippen LogP contribution is -2.40. The highest BCUT2D eigenvalue weighted by atomic mass is 19.1. The van der Waals surface area contributed by atoms with E-state index >= 15 is 0 Å². The van der Waals surface area contributed by atoms with E-state index in [9.17, 15) is 13.6 Å². The van der Waals surface area contributed by atoms with Crippen LogP contribution >= 0.6 is 0 Å². The second-order valence-corrected chi connectivity index (χ2v) is 3.68. The lowest BCUT2D eigenvalue weighted by Gasteiger charge is -2.18. The maximum atomic E-state index is 13.4. The van der Waals surface area contributed by atoms with Crippen LogP contribution < -0.4 is 11.1 Å². The van der Waals surface area contributed by atoms with Crippen molar-refractivity contribution in [1.29, 1.82) is 0 Å². The molecule has 0 bridgehead atoms. The number of carbonyl (C=O) groups excluding carboxylic acids is 1. The SMILES string of the molecule is C[C@H](N[C@H](C)C(N)=O)c1ccc(F)cc1F. The Kier molecular flexibility index (Phi) is 3.95. The van der Waals surface area contributed by atoms with Gasteiger partial charge in [0, 0.05) is 17.7 Å². The number of primary amides is 1. The summed E-state index contributed by atoms with van der Waals surface area (Å²) in [5, 5.41) is 2.82. The molecule has 0 unspecified atom stereocenters. The van der Waals surface area contributed by atoms with Crippen molar-refractivity contribution in [2.75, 3.05) is 0 Å². The summed E-state index contributed by atoms with van der Waals surface area (Å²) in [6.45, 7) is 3.26. The van der Waals surface area contributed by atoms with Gasteiger partial charge in [0.2, 0.25) is 5.91 Å². The Labute approximate surface area is 92.6 Å². The van der Waals surface area contributed by atoms with Crippen LogP contribution in [-0.2, 0) is 4.79 Å². The number of rotatable bonds is 4. The van der Waals surface area contributed by atoms with Crippen molar-refractivity contribution in [2.45, 2.75) is 25.9 Å². The first-order valence-corrected chi connectivity index (χ1v) is 4.92. The van der Waals surface area contributed by atoms with Crippen LogP contribution in [0.5, 0.6) is 0 Å². The van der Waals surface area contributed by atoms with Gasteiger partial charge in [0.05, 0.1) is 6.04 Å². The van der Waals surface area contributed by atoms with Crippen molar-refractivity contribution in [3.63, 3.8) is 0 Å². The van der Waals surface area contributed by atoms with Crippen LogP contribution in [0.15, 0.2) is 18.2 Å². The van der Waals surface area contributed by atoms with Gasteiger partial charge in [-0.1, -0.05) is 6.07 Å². The van der Waals surface area contributed by atoms with Crippen LogP contribution in [0, 0.1) is 11.6 Å². The molecule has 0 fully saturated rings. The molecule has 2 atom stereocenters. The number of halogens is 2. The Morgan fingerprint density at radius 1 is 1.38 bits per heavy atom. The molecule has 1 amide bonds. The van der Waals surface area contributed by atoms with Gasteiger partial charge in [0.15, 0.2) is 0 Å². The predicted octanol–water partition coefficient (Wildman–Crippen LogP) is 1.49. The first-order valence-electron chi connectivity index (χ1n) is 4.92. The molecule has 0 spiro atoms. The first kappa shape index (κ1) is 12.6. The highest BCUT2D eigenvalue weighted by molar-refractivity contribution is 5.79. The fourth-order valence-electron chi connectivity index (χ4n) is 1.40. The fourth-order valence-corrected chi connectivity index (χ4v) is 1.40. The minimum atomic E-state index is -0.642. The molecule has 0 saturated carbocycles. The summed E-state index contributed by atoms with van der Waals surface area (Å²) in [7, 11) is 0. The van der Waals surface area contributed by atoms with Gasteiger partial charge in [-0.15, -0.1) is 0 Å². The molecule has 0 aromatic heterocycles. The molecule has 3 N–H and O–H groups in total. The molecule has 5 heteroatoms. The predicted molar refractivity (Wildman–Crippen MR) is 56.6 cm³/mol. The molecule has 3 nitrogen and oxygen atoms in total. The lowest BCUT2D eigenvalue weighted by atomic mass is 10.1. The number of nitrogens with two attached hydrogens (primary N) is 1. The molecule has 0 radical (unpaired) electrons. The zero-order valence-electron chi connectivity index (χ0n) is 9.13. The number of hydrogen-bond acceptors (Lipinski definition) is 2. The zero-order valence-corrected chi connectivity index (χ0v) is 9.13. The second kappa shape index (κ2) is 5.03. The molecule has 0 saturated heterocycles. The Balaban J connectivity index is 2.80. The van der Waals surface area contributed by atoms with Gasteiger partial charge in [-0.3, -0.25) is 10.1 Å². The molecule has 88 valence electrons. The van der Waals surface area contributed by atoms with E-state index in [4.69, 9.17) is 5.73 Å². The van der Waals surface area contributed by atoms with Crippen LogP contribution in [0.2, 0.25) is 0 Å². The third-order valence-corrected chi connectivity index (χ3v) is 2.36. The van der Waals surface area contributed by atoms with E-state index in [1.165, 1.54) is 12.1 Å². The standard InChI is InChI=1S/C11H14F2N2O/c1-6(15-7(2)11(14)16)9-4-3-8(12)5-10(9)13/h3-7,15H,1-2H3,(H2,14,16)/t6-,7+/m0/s1. The highest BCUT2D eigenvalue weighted by Crippen LogP contribution is 2.17. The highest BCUT2D eigenvalue weighted by Gasteiger charge is 2.16. The smallest absolute Gasteiger partial charge is 0.234 e. The molecule has 0 aliphatic carbocycles. The van der Waals surface area contributed by atoms with E-state index in [-0.39, 0.29) is 0 Å². The molecular formula is C11H14F2N2O. The lowest BCUT2D eigenvalue weighted by molar-refractivity contribution is -0.119. The Bertz CT molecular complexity index is 396. The summed E-state index contributed by atoms with van der Waals surface area (Å²) >= 11 is 0. The van der Waals surface area contributed by atoms with Crippen LogP contribution in [-0.4, -0.2) is 11.9 Å². The molecule has 1 aromatic rings. The Hall–Kier alpha value is -1.49.